The third-order valence-electron chi connectivity index (χ3n) is 2.03. The summed E-state index contributed by atoms with van der Waals surface area (Å²) < 4.78 is 46.8. The maximum atomic E-state index is 11.8. The summed E-state index contributed by atoms with van der Waals surface area (Å²) in [5.74, 6) is -1.75. The lowest BCUT2D eigenvalue weighted by molar-refractivity contribution is 0.0701. The van der Waals surface area contributed by atoms with Gasteiger partial charge in [0.15, 0.2) is 0 Å². The number of nitrogens with two attached hydrogens (primary N) is 1. The largest absolute Gasteiger partial charge is 0.477 e. The van der Waals surface area contributed by atoms with Gasteiger partial charge in [-0.3, -0.25) is 0 Å². The Kier molecular flexibility index (Phi) is 4.68. The van der Waals surface area contributed by atoms with Crippen molar-refractivity contribution in [2.24, 2.45) is 5.14 Å². The van der Waals surface area contributed by atoms with E-state index < -0.39 is 31.8 Å². The van der Waals surface area contributed by atoms with E-state index in [0.29, 0.717) is 16.9 Å². The van der Waals surface area contributed by atoms with Crippen LogP contribution in [0.2, 0.25) is 0 Å². The SMILES string of the molecule is Cc1cc(S(=O)(=O)NCCS(N)(=O)=O)sc1C(=O)O. The third-order valence-corrected chi connectivity index (χ3v) is 5.97. The van der Waals surface area contributed by atoms with E-state index in [4.69, 9.17) is 10.2 Å². The van der Waals surface area contributed by atoms with Crippen LogP contribution in [0.1, 0.15) is 15.2 Å². The molecule has 19 heavy (non-hydrogen) atoms. The summed E-state index contributed by atoms with van der Waals surface area (Å²) in [6.45, 7) is 1.10. The van der Waals surface area contributed by atoms with Gasteiger partial charge in [0.2, 0.25) is 20.0 Å². The van der Waals surface area contributed by atoms with Crippen molar-refractivity contribution >= 4 is 37.4 Å². The zero-order chi connectivity index (χ0) is 14.8. The Hall–Kier alpha value is -1.01. The number of sulfonamides is 2. The quantitative estimate of drug-likeness (QED) is 0.631. The summed E-state index contributed by atoms with van der Waals surface area (Å²) in [5.41, 5.74) is 0.323. The smallest absolute Gasteiger partial charge is 0.346 e. The Morgan fingerprint density at radius 2 is 2.00 bits per heavy atom. The van der Waals surface area contributed by atoms with Gasteiger partial charge in [0, 0.05) is 6.54 Å². The second-order valence-electron chi connectivity index (χ2n) is 3.65. The van der Waals surface area contributed by atoms with Gasteiger partial charge < -0.3 is 5.11 Å². The first-order valence-corrected chi connectivity index (χ1v) is 8.88. The number of carbonyl (C=O) groups is 1. The molecule has 1 heterocycles. The molecule has 0 bridgehead atoms. The molecule has 0 saturated heterocycles. The van der Waals surface area contributed by atoms with Gasteiger partial charge in [-0.1, -0.05) is 0 Å². The fourth-order valence-corrected chi connectivity index (χ4v) is 4.16. The van der Waals surface area contributed by atoms with Crippen LogP contribution in [0.5, 0.6) is 0 Å². The van der Waals surface area contributed by atoms with Gasteiger partial charge >= 0.3 is 5.97 Å². The number of aryl methyl sites for hydroxylation is 1. The Labute approximate surface area is 114 Å². The molecule has 8 nitrogen and oxygen atoms in total. The minimum Gasteiger partial charge on any atom is -0.477 e. The standard InChI is InChI=1S/C8H12N2O6S3/c1-5-4-6(17-7(5)8(11)12)19(15,16)10-2-3-18(9,13)14/h4,10H,2-3H2,1H3,(H,11,12)(H2,9,13,14). The van der Waals surface area contributed by atoms with Crippen LogP contribution in [0, 0.1) is 6.92 Å². The summed E-state index contributed by atoms with van der Waals surface area (Å²) in [5, 5.41) is 13.6. The highest BCUT2D eigenvalue weighted by Crippen LogP contribution is 2.25. The Bertz CT molecular complexity index is 688. The highest BCUT2D eigenvalue weighted by atomic mass is 32.2. The average Bonchev–Trinajstić information content (AvgIpc) is 2.58. The molecule has 0 atom stereocenters. The van der Waals surface area contributed by atoms with E-state index in [1.165, 1.54) is 13.0 Å². The van der Waals surface area contributed by atoms with Crippen LogP contribution in [0.25, 0.3) is 0 Å². The summed E-state index contributed by atoms with van der Waals surface area (Å²) in [7, 11) is -7.70. The van der Waals surface area contributed by atoms with Crippen molar-refractivity contribution in [1.29, 1.82) is 0 Å². The first-order chi connectivity index (χ1) is 8.53. The summed E-state index contributed by atoms with van der Waals surface area (Å²) in [4.78, 5) is 10.7. The molecule has 11 heteroatoms. The van der Waals surface area contributed by atoms with E-state index in [1.807, 2.05) is 4.72 Å². The molecule has 108 valence electrons. The van der Waals surface area contributed by atoms with Gasteiger partial charge in [0.05, 0.1) is 5.75 Å². The average molecular weight is 328 g/mol. The van der Waals surface area contributed by atoms with Crippen molar-refractivity contribution in [3.63, 3.8) is 0 Å². The second-order valence-corrected chi connectivity index (χ2v) is 8.43. The lowest BCUT2D eigenvalue weighted by Gasteiger charge is -2.03. The first-order valence-electron chi connectivity index (χ1n) is 4.87. The molecule has 0 unspecified atom stereocenters. The Morgan fingerprint density at radius 1 is 1.42 bits per heavy atom. The minimum atomic E-state index is -3.93. The van der Waals surface area contributed by atoms with Crippen LogP contribution in [0.15, 0.2) is 10.3 Å². The summed E-state index contributed by atoms with van der Waals surface area (Å²) in [6.07, 6.45) is 0. The molecular weight excluding hydrogens is 316 g/mol. The molecular formula is C8H12N2O6S3. The molecule has 0 aliphatic heterocycles. The highest BCUT2D eigenvalue weighted by Gasteiger charge is 2.21. The van der Waals surface area contributed by atoms with Crippen LogP contribution < -0.4 is 9.86 Å². The number of primary sulfonamides is 1. The highest BCUT2D eigenvalue weighted by molar-refractivity contribution is 7.92. The van der Waals surface area contributed by atoms with Crippen molar-refractivity contribution in [2.75, 3.05) is 12.3 Å². The van der Waals surface area contributed by atoms with Crippen LogP contribution in [0.4, 0.5) is 0 Å². The molecule has 0 aliphatic rings. The van der Waals surface area contributed by atoms with E-state index >= 15 is 0 Å². The van der Waals surface area contributed by atoms with E-state index in [0.717, 1.165) is 0 Å². The van der Waals surface area contributed by atoms with E-state index in [2.05, 4.69) is 0 Å². The zero-order valence-corrected chi connectivity index (χ0v) is 12.2. The third kappa shape index (κ3) is 4.54. The van der Waals surface area contributed by atoms with Gasteiger partial charge in [0.25, 0.3) is 0 Å². The topological polar surface area (TPSA) is 144 Å². The van der Waals surface area contributed by atoms with Crippen molar-refractivity contribution in [3.8, 4) is 0 Å². The molecule has 0 aromatic carbocycles. The molecule has 0 fully saturated rings. The molecule has 1 aromatic heterocycles. The predicted molar refractivity (Wildman–Crippen MR) is 69.2 cm³/mol. The van der Waals surface area contributed by atoms with Crippen LogP contribution in [-0.2, 0) is 20.0 Å². The van der Waals surface area contributed by atoms with E-state index in [9.17, 15) is 21.6 Å². The van der Waals surface area contributed by atoms with E-state index in [1.54, 1.807) is 0 Å². The van der Waals surface area contributed by atoms with Gasteiger partial charge in [-0.15, -0.1) is 11.3 Å². The molecule has 0 saturated carbocycles. The molecule has 0 aliphatic carbocycles. The summed E-state index contributed by atoms with van der Waals surface area (Å²) >= 11 is 0.602. The Balaban J connectivity index is 2.89. The van der Waals surface area contributed by atoms with E-state index in [-0.39, 0.29) is 15.6 Å². The van der Waals surface area contributed by atoms with Crippen molar-refractivity contribution < 1.29 is 26.7 Å². The van der Waals surface area contributed by atoms with Gasteiger partial charge in [-0.2, -0.15) is 0 Å². The molecule has 0 radical (unpaired) electrons. The lowest BCUT2D eigenvalue weighted by Crippen LogP contribution is -2.31. The predicted octanol–water partition coefficient (Wildman–Crippen LogP) is -0.678. The van der Waals surface area contributed by atoms with Gasteiger partial charge in [-0.05, 0) is 18.6 Å². The maximum Gasteiger partial charge on any atom is 0.346 e. The van der Waals surface area contributed by atoms with Gasteiger partial charge in [-0.25, -0.2) is 31.5 Å². The lowest BCUT2D eigenvalue weighted by atomic mass is 10.3. The molecule has 0 amide bonds. The number of hydrogen-bond donors (Lipinski definition) is 3. The second kappa shape index (κ2) is 5.54. The number of nitrogens with one attached hydrogen (secondary N) is 1. The number of carboxylic acid groups (broad SMARTS) is 1. The Morgan fingerprint density at radius 3 is 2.42 bits per heavy atom. The maximum absolute atomic E-state index is 11.8. The van der Waals surface area contributed by atoms with Crippen molar-refractivity contribution in [2.45, 2.75) is 11.1 Å². The molecule has 1 aromatic rings. The fraction of sp³-hybridized carbons (Fsp3) is 0.375. The summed E-state index contributed by atoms with van der Waals surface area (Å²) in [6, 6.07) is 1.22. The molecule has 1 rings (SSSR count). The monoisotopic (exact) mass is 328 g/mol. The fourth-order valence-electron chi connectivity index (χ4n) is 1.19. The van der Waals surface area contributed by atoms with Crippen LogP contribution in [-0.4, -0.2) is 40.2 Å². The van der Waals surface area contributed by atoms with Crippen LogP contribution in [0.3, 0.4) is 0 Å². The number of aromatic carboxylic acids is 1. The van der Waals surface area contributed by atoms with Crippen molar-refractivity contribution in [3.05, 3.63) is 16.5 Å². The molecule has 0 spiro atoms. The minimum absolute atomic E-state index is 0.0770. The molecule has 4 N–H and O–H groups in total. The number of thiophene rings is 1. The normalized spacial score (nSPS) is 12.5. The number of carboxylic acids is 1. The van der Waals surface area contributed by atoms with Gasteiger partial charge in [0.1, 0.15) is 9.09 Å². The van der Waals surface area contributed by atoms with Crippen molar-refractivity contribution in [1.82, 2.24) is 4.72 Å². The zero-order valence-electron chi connectivity index (χ0n) is 9.78. The van der Waals surface area contributed by atoms with Crippen LogP contribution >= 0.6 is 11.3 Å². The first kappa shape index (κ1) is 16.0. The number of rotatable bonds is 6. The number of hydrogen-bond acceptors (Lipinski definition) is 6.